The van der Waals surface area contributed by atoms with Crippen LogP contribution in [0.15, 0.2) is 48.5 Å². The van der Waals surface area contributed by atoms with E-state index in [1.54, 1.807) is 17.0 Å². The maximum absolute atomic E-state index is 13.1. The number of carbonyl (C=O) groups is 2. The Hall–Kier alpha value is -2.60. The third-order valence-corrected chi connectivity index (χ3v) is 5.01. The molecule has 1 heterocycles. The average molecular weight is 404 g/mol. The number of hydrogen-bond donors (Lipinski definition) is 1. The Labute approximate surface area is 169 Å². The number of halogens is 2. The molecule has 0 bridgehead atoms. The summed E-state index contributed by atoms with van der Waals surface area (Å²) in [6, 6.07) is 13.8. The summed E-state index contributed by atoms with van der Waals surface area (Å²) in [5.74, 6) is -0.620. The number of aryl methyl sites for hydroxylation is 1. The van der Waals surface area contributed by atoms with Crippen LogP contribution in [0.1, 0.15) is 12.0 Å². The highest BCUT2D eigenvalue weighted by Crippen LogP contribution is 2.20. The van der Waals surface area contributed by atoms with Crippen molar-refractivity contribution in [3.63, 3.8) is 0 Å². The number of amides is 2. The van der Waals surface area contributed by atoms with Gasteiger partial charge in [0.05, 0.1) is 6.54 Å². The number of nitrogens with one attached hydrogen (secondary N) is 1. The molecule has 7 heteroatoms. The van der Waals surface area contributed by atoms with Gasteiger partial charge in [-0.25, -0.2) is 4.39 Å². The van der Waals surface area contributed by atoms with E-state index in [-0.39, 0.29) is 30.6 Å². The van der Waals surface area contributed by atoms with Crippen LogP contribution in [0.5, 0.6) is 0 Å². The van der Waals surface area contributed by atoms with E-state index in [1.807, 2.05) is 24.3 Å². The van der Waals surface area contributed by atoms with E-state index in [1.165, 1.54) is 12.1 Å². The molecule has 0 unspecified atom stereocenters. The van der Waals surface area contributed by atoms with Crippen molar-refractivity contribution in [1.29, 1.82) is 0 Å². The second kappa shape index (κ2) is 9.55. The molecule has 0 radical (unpaired) electrons. The molecule has 3 rings (SSSR count). The number of carbonyl (C=O) groups excluding carboxylic acids is 2. The number of hydrogen-bond acceptors (Lipinski definition) is 3. The molecule has 2 amide bonds. The summed E-state index contributed by atoms with van der Waals surface area (Å²) in [6.07, 6.45) is 0.662. The van der Waals surface area contributed by atoms with Crippen molar-refractivity contribution in [3.8, 4) is 0 Å². The van der Waals surface area contributed by atoms with Crippen LogP contribution in [0.4, 0.5) is 10.1 Å². The molecule has 0 saturated carbocycles. The Kier molecular flexibility index (Phi) is 6.87. The minimum Gasteiger partial charge on any atom is -0.368 e. The second-order valence-corrected chi connectivity index (χ2v) is 7.19. The van der Waals surface area contributed by atoms with Crippen LogP contribution in [-0.2, 0) is 16.0 Å². The lowest BCUT2D eigenvalue weighted by Crippen LogP contribution is -2.51. The summed E-state index contributed by atoms with van der Waals surface area (Å²) in [5.41, 5.74) is 1.81. The van der Waals surface area contributed by atoms with E-state index in [4.69, 9.17) is 11.6 Å². The van der Waals surface area contributed by atoms with Gasteiger partial charge >= 0.3 is 0 Å². The lowest BCUT2D eigenvalue weighted by Gasteiger charge is -2.36. The van der Waals surface area contributed by atoms with Crippen molar-refractivity contribution in [3.05, 3.63) is 64.9 Å². The lowest BCUT2D eigenvalue weighted by molar-refractivity contribution is -0.133. The van der Waals surface area contributed by atoms with Gasteiger partial charge in [0.25, 0.3) is 0 Å². The van der Waals surface area contributed by atoms with Crippen molar-refractivity contribution in [1.82, 2.24) is 10.2 Å². The molecule has 1 aliphatic rings. The van der Waals surface area contributed by atoms with E-state index in [0.717, 1.165) is 24.3 Å². The Balaban J connectivity index is 1.39. The molecule has 28 heavy (non-hydrogen) atoms. The van der Waals surface area contributed by atoms with Gasteiger partial charge in [0, 0.05) is 43.3 Å². The molecule has 0 spiro atoms. The molecular formula is C21H23ClFN3O2. The van der Waals surface area contributed by atoms with E-state index in [9.17, 15) is 14.0 Å². The van der Waals surface area contributed by atoms with Gasteiger partial charge in [-0.15, -0.1) is 0 Å². The molecule has 1 fully saturated rings. The van der Waals surface area contributed by atoms with E-state index in [0.29, 0.717) is 24.5 Å². The van der Waals surface area contributed by atoms with Crippen LogP contribution in [-0.4, -0.2) is 49.4 Å². The molecule has 1 saturated heterocycles. The second-order valence-electron chi connectivity index (χ2n) is 6.75. The first-order valence-electron chi connectivity index (χ1n) is 9.31. The van der Waals surface area contributed by atoms with Crippen LogP contribution >= 0.6 is 11.6 Å². The molecule has 2 aromatic carbocycles. The zero-order valence-electron chi connectivity index (χ0n) is 15.5. The summed E-state index contributed by atoms with van der Waals surface area (Å²) < 4.78 is 13.1. The van der Waals surface area contributed by atoms with Crippen molar-refractivity contribution in [2.45, 2.75) is 12.8 Å². The van der Waals surface area contributed by atoms with Gasteiger partial charge in [-0.05, 0) is 42.3 Å². The van der Waals surface area contributed by atoms with Crippen molar-refractivity contribution < 1.29 is 14.0 Å². The minimum atomic E-state index is -0.315. The molecule has 0 aromatic heterocycles. The average Bonchev–Trinajstić information content (AvgIpc) is 2.70. The number of nitrogens with zero attached hydrogens (tertiary/aromatic N) is 2. The maximum atomic E-state index is 13.1. The molecule has 1 N–H and O–H groups in total. The van der Waals surface area contributed by atoms with E-state index in [2.05, 4.69) is 10.2 Å². The molecular weight excluding hydrogens is 381 g/mol. The summed E-state index contributed by atoms with van der Waals surface area (Å²) in [7, 11) is 0. The molecule has 1 aliphatic heterocycles. The standard InChI is InChI=1S/C21H23ClFN3O2/c22-17-4-2-6-19(14-17)25-9-11-26(12-10-25)21(28)15-24-20(27)8-7-16-3-1-5-18(23)13-16/h1-6,13-14H,7-12,15H2,(H,24,27). The minimum absolute atomic E-state index is 0.0147. The van der Waals surface area contributed by atoms with Gasteiger partial charge in [0.2, 0.25) is 11.8 Å². The zero-order chi connectivity index (χ0) is 19.9. The topological polar surface area (TPSA) is 52.7 Å². The van der Waals surface area contributed by atoms with E-state index >= 15 is 0 Å². The predicted molar refractivity (Wildman–Crippen MR) is 108 cm³/mol. The summed E-state index contributed by atoms with van der Waals surface area (Å²) in [4.78, 5) is 28.2. The molecule has 0 aliphatic carbocycles. The Bertz CT molecular complexity index is 838. The third kappa shape index (κ3) is 5.70. The SMILES string of the molecule is O=C(CCc1cccc(F)c1)NCC(=O)N1CCN(c2cccc(Cl)c2)CC1. The highest BCUT2D eigenvalue weighted by Gasteiger charge is 2.21. The quantitative estimate of drug-likeness (QED) is 0.806. The molecule has 2 aromatic rings. The van der Waals surface area contributed by atoms with E-state index < -0.39 is 0 Å². The monoisotopic (exact) mass is 403 g/mol. The zero-order valence-corrected chi connectivity index (χ0v) is 16.3. The normalized spacial score (nSPS) is 14.1. The smallest absolute Gasteiger partial charge is 0.242 e. The fourth-order valence-electron chi connectivity index (χ4n) is 3.21. The lowest BCUT2D eigenvalue weighted by atomic mass is 10.1. The van der Waals surface area contributed by atoms with Gasteiger partial charge in [0.1, 0.15) is 5.82 Å². The van der Waals surface area contributed by atoms with Gasteiger partial charge in [0.15, 0.2) is 0 Å². The number of benzene rings is 2. The van der Waals surface area contributed by atoms with Gasteiger partial charge < -0.3 is 15.1 Å². The van der Waals surface area contributed by atoms with Gasteiger partial charge in [-0.3, -0.25) is 9.59 Å². The van der Waals surface area contributed by atoms with Crippen LogP contribution in [0, 0.1) is 5.82 Å². The van der Waals surface area contributed by atoms with Gasteiger partial charge in [-0.1, -0.05) is 29.8 Å². The van der Waals surface area contributed by atoms with Crippen molar-refractivity contribution >= 4 is 29.1 Å². The van der Waals surface area contributed by atoms with Crippen molar-refractivity contribution in [2.24, 2.45) is 0 Å². The first-order chi connectivity index (χ1) is 13.5. The Morgan fingerprint density at radius 2 is 1.79 bits per heavy atom. The first kappa shape index (κ1) is 20.1. The number of piperazine rings is 1. The largest absolute Gasteiger partial charge is 0.368 e. The fraction of sp³-hybridized carbons (Fsp3) is 0.333. The number of rotatable bonds is 6. The summed E-state index contributed by atoms with van der Waals surface area (Å²) in [5, 5.41) is 3.35. The van der Waals surface area contributed by atoms with Crippen molar-refractivity contribution in [2.75, 3.05) is 37.6 Å². The van der Waals surface area contributed by atoms with Crippen LogP contribution in [0.3, 0.4) is 0 Å². The summed E-state index contributed by atoms with van der Waals surface area (Å²) in [6.45, 7) is 2.63. The molecule has 148 valence electrons. The third-order valence-electron chi connectivity index (χ3n) is 4.77. The van der Waals surface area contributed by atoms with Crippen LogP contribution < -0.4 is 10.2 Å². The highest BCUT2D eigenvalue weighted by molar-refractivity contribution is 6.30. The van der Waals surface area contributed by atoms with Crippen LogP contribution in [0.2, 0.25) is 5.02 Å². The summed E-state index contributed by atoms with van der Waals surface area (Å²) >= 11 is 6.04. The molecule has 0 atom stereocenters. The predicted octanol–water partition coefficient (Wildman–Crippen LogP) is 2.88. The Morgan fingerprint density at radius 3 is 2.50 bits per heavy atom. The van der Waals surface area contributed by atoms with Crippen LogP contribution in [0.25, 0.3) is 0 Å². The number of anilines is 1. The molecule has 5 nitrogen and oxygen atoms in total. The maximum Gasteiger partial charge on any atom is 0.242 e. The fourth-order valence-corrected chi connectivity index (χ4v) is 3.40. The first-order valence-corrected chi connectivity index (χ1v) is 9.68. The van der Waals surface area contributed by atoms with Gasteiger partial charge in [-0.2, -0.15) is 0 Å². The Morgan fingerprint density at radius 1 is 1.04 bits per heavy atom. The highest BCUT2D eigenvalue weighted by atomic mass is 35.5.